The minimum absolute atomic E-state index is 0.0437. The zero-order valence-corrected chi connectivity index (χ0v) is 15.7. The van der Waals surface area contributed by atoms with E-state index in [1.165, 1.54) is 5.38 Å². The summed E-state index contributed by atoms with van der Waals surface area (Å²) in [5.74, 6) is -1.27. The van der Waals surface area contributed by atoms with E-state index in [1.807, 2.05) is 0 Å². The van der Waals surface area contributed by atoms with Gasteiger partial charge in [-0.15, -0.1) is 11.3 Å². The summed E-state index contributed by atoms with van der Waals surface area (Å²) in [5, 5.41) is 13.9. The van der Waals surface area contributed by atoms with E-state index in [4.69, 9.17) is 18.1 Å². The second-order valence-corrected chi connectivity index (χ2v) is 6.63. The maximum Gasteiger partial charge on any atom is 0.230 e. The number of aromatic nitrogens is 1. The number of nitrogens with two attached hydrogens (primary N) is 1. The zero-order chi connectivity index (χ0) is 27.8. The number of amides is 1. The average molecular weight is 405 g/mol. The largest absolute Gasteiger partial charge is 0.388 e. The molecular formula is C22H25N3O2S. The lowest BCUT2D eigenvalue weighted by atomic mass is 10.0. The molecule has 1 atom stereocenters. The maximum absolute atomic E-state index is 12.6. The fourth-order valence-electron chi connectivity index (χ4n) is 2.29. The fourth-order valence-corrected chi connectivity index (χ4v) is 2.79. The molecule has 1 amide bonds. The molecule has 0 fully saturated rings. The van der Waals surface area contributed by atoms with Crippen LogP contribution in [0.1, 0.15) is 54.5 Å². The van der Waals surface area contributed by atoms with Gasteiger partial charge in [0.05, 0.1) is 25.0 Å². The van der Waals surface area contributed by atoms with Crippen LogP contribution >= 0.6 is 11.3 Å². The highest BCUT2D eigenvalue weighted by atomic mass is 32.1. The van der Waals surface area contributed by atoms with Crippen LogP contribution in [0.2, 0.25) is 0 Å². The van der Waals surface area contributed by atoms with E-state index in [0.717, 1.165) is 11.3 Å². The third-order valence-electron chi connectivity index (χ3n) is 3.63. The summed E-state index contributed by atoms with van der Waals surface area (Å²) >= 11 is 0.927. The summed E-state index contributed by atoms with van der Waals surface area (Å²) in [6.07, 6.45) is -7.95. The van der Waals surface area contributed by atoms with Crippen molar-refractivity contribution in [3.05, 3.63) is 76.7 Å². The topological polar surface area (TPSA) is 88.2 Å². The first-order valence-corrected chi connectivity index (χ1v) is 9.35. The lowest BCUT2D eigenvalue weighted by Gasteiger charge is -2.10. The van der Waals surface area contributed by atoms with Gasteiger partial charge in [-0.25, -0.2) is 4.98 Å². The van der Waals surface area contributed by atoms with Crippen LogP contribution in [0.15, 0.2) is 59.9 Å². The monoisotopic (exact) mass is 404 g/mol. The molecule has 5 nitrogen and oxygen atoms in total. The molecule has 0 aliphatic carbocycles. The van der Waals surface area contributed by atoms with E-state index in [0.29, 0.717) is 0 Å². The summed E-state index contributed by atoms with van der Waals surface area (Å²) < 4.78 is 74.0. The maximum atomic E-state index is 12.6. The second-order valence-electron chi connectivity index (χ2n) is 5.74. The number of nitrogens with one attached hydrogen (secondary N) is 1. The number of hydrogen-bond acceptors (Lipinski definition) is 5. The first kappa shape index (κ1) is 11.3. The van der Waals surface area contributed by atoms with Gasteiger partial charge >= 0.3 is 0 Å². The Hall–Kier alpha value is -2.70. The van der Waals surface area contributed by atoms with E-state index >= 15 is 0 Å². The molecule has 0 saturated carbocycles. The Balaban J connectivity index is 1.82. The highest BCUT2D eigenvalue weighted by Crippen LogP contribution is 2.20. The van der Waals surface area contributed by atoms with Crippen molar-refractivity contribution in [2.45, 2.75) is 38.1 Å². The molecule has 0 aliphatic heterocycles. The Kier molecular flexibility index (Phi) is 4.05. The Morgan fingerprint density at radius 2 is 2.07 bits per heavy atom. The van der Waals surface area contributed by atoms with Crippen molar-refractivity contribution >= 4 is 28.1 Å². The number of carbonyl (C=O) groups excluding carboxylic acids is 1. The van der Waals surface area contributed by atoms with Crippen LogP contribution in [-0.2, 0) is 17.6 Å². The molecule has 0 bridgehead atoms. The molecule has 0 unspecified atom stereocenters. The fraction of sp³-hybridized carbons (Fsp3) is 0.273. The predicted molar refractivity (Wildman–Crippen MR) is 114 cm³/mol. The number of hydrogen-bond donors (Lipinski definition) is 3. The van der Waals surface area contributed by atoms with Gasteiger partial charge < -0.3 is 16.2 Å². The van der Waals surface area contributed by atoms with Crippen molar-refractivity contribution in [2.24, 2.45) is 0 Å². The number of thiazole rings is 1. The van der Waals surface area contributed by atoms with E-state index in [9.17, 15) is 9.90 Å². The third kappa shape index (κ3) is 6.18. The molecule has 28 heavy (non-hydrogen) atoms. The van der Waals surface area contributed by atoms with Crippen LogP contribution in [0.25, 0.3) is 0 Å². The molecule has 3 rings (SSSR count). The van der Waals surface area contributed by atoms with Crippen LogP contribution in [0, 0.1) is 0 Å². The van der Waals surface area contributed by atoms with E-state index in [2.05, 4.69) is 10.3 Å². The minimum atomic E-state index is -2.67. The molecule has 0 saturated heterocycles. The molecule has 4 N–H and O–H groups in total. The van der Waals surface area contributed by atoms with E-state index in [-0.39, 0.29) is 34.8 Å². The van der Waals surface area contributed by atoms with Crippen LogP contribution in [0.5, 0.6) is 0 Å². The van der Waals surface area contributed by atoms with Gasteiger partial charge in [-0.05, 0) is 42.4 Å². The summed E-state index contributed by atoms with van der Waals surface area (Å²) in [6.45, 7) is 0. The average Bonchev–Trinajstić information content (AvgIpc) is 3.30. The number of carbonyl (C=O) groups is 1. The normalized spacial score (nSPS) is 18.7. The van der Waals surface area contributed by atoms with Gasteiger partial charge in [0.1, 0.15) is 0 Å². The van der Waals surface area contributed by atoms with Gasteiger partial charge in [-0.1, -0.05) is 48.8 Å². The molecule has 1 aromatic heterocycles. The van der Waals surface area contributed by atoms with Crippen LogP contribution in [0.4, 0.5) is 10.8 Å². The lowest BCUT2D eigenvalue weighted by molar-refractivity contribution is -0.115. The number of aliphatic hydroxyl groups is 1. The molecular weight excluding hydrogens is 370 g/mol. The number of nitrogen functional groups attached to an aromatic ring is 1. The molecule has 0 radical (unpaired) electrons. The lowest BCUT2D eigenvalue weighted by Crippen LogP contribution is -2.14. The summed E-state index contributed by atoms with van der Waals surface area (Å²) in [7, 11) is 0. The SMILES string of the molecule is [2H]c1c([2H])c(NC(=O)C([2H])([2H])c2csc(N)n2)c([2H])c([2H])c1CC([2H])([2H])CC[C@]([2H])(O)c1ccccc1. The summed E-state index contributed by atoms with van der Waals surface area (Å²) in [6, 6.07) is 5.57. The number of benzene rings is 2. The standard InChI is InChI=1S/C22H25N3O2S/c23-22-25-19(15-28-22)14-21(27)24-18-12-10-16(11-13-18)6-4-5-9-20(26)17-7-2-1-3-8-17/h1-3,7-8,10-13,15,20,26H,4-6,9,14H2,(H2,23,25)(H,24,27)/t20-/m0/s1/i4D2,10D,11D,12D,13D,14D2,20D. The molecule has 2 aromatic carbocycles. The number of rotatable bonds is 9. The van der Waals surface area contributed by atoms with Crippen molar-refractivity contribution < 1.29 is 22.2 Å². The van der Waals surface area contributed by atoms with Gasteiger partial charge in [-0.2, -0.15) is 0 Å². The number of anilines is 2. The number of nitrogens with zero attached hydrogens (tertiary/aromatic N) is 1. The molecule has 6 heteroatoms. The molecule has 0 spiro atoms. The van der Waals surface area contributed by atoms with Crippen LogP contribution < -0.4 is 11.1 Å². The first-order chi connectivity index (χ1) is 17.1. The third-order valence-corrected chi connectivity index (χ3v) is 4.30. The minimum Gasteiger partial charge on any atom is -0.388 e. The first-order valence-electron chi connectivity index (χ1n) is 13.0. The van der Waals surface area contributed by atoms with E-state index in [1.54, 1.807) is 30.3 Å². The second kappa shape index (κ2) is 10.0. The van der Waals surface area contributed by atoms with Crippen molar-refractivity contribution in [1.82, 2.24) is 4.98 Å². The van der Waals surface area contributed by atoms with Crippen molar-refractivity contribution in [3.63, 3.8) is 0 Å². The van der Waals surface area contributed by atoms with Gasteiger partial charge in [0, 0.05) is 16.6 Å². The molecule has 0 aliphatic rings. The molecule has 146 valence electrons. The smallest absolute Gasteiger partial charge is 0.230 e. The Labute approximate surface area is 181 Å². The quantitative estimate of drug-likeness (QED) is 0.495. The highest BCUT2D eigenvalue weighted by Gasteiger charge is 2.08. The Morgan fingerprint density at radius 3 is 2.75 bits per heavy atom. The Bertz CT molecular complexity index is 1270. The zero-order valence-electron chi connectivity index (χ0n) is 23.9. The Morgan fingerprint density at radius 1 is 1.32 bits per heavy atom. The van der Waals surface area contributed by atoms with Crippen molar-refractivity contribution in [3.8, 4) is 0 Å². The van der Waals surface area contributed by atoms with Crippen molar-refractivity contribution in [2.75, 3.05) is 11.1 Å². The van der Waals surface area contributed by atoms with Crippen molar-refractivity contribution in [1.29, 1.82) is 0 Å². The highest BCUT2D eigenvalue weighted by molar-refractivity contribution is 7.13. The van der Waals surface area contributed by atoms with E-state index < -0.39 is 61.0 Å². The van der Waals surface area contributed by atoms with Gasteiger partial charge in [0.25, 0.3) is 0 Å². The molecule has 3 aromatic rings. The van der Waals surface area contributed by atoms with Gasteiger partial charge in [-0.3, -0.25) is 4.79 Å². The van der Waals surface area contributed by atoms with Crippen LogP contribution in [0.3, 0.4) is 0 Å². The van der Waals surface area contributed by atoms with Gasteiger partial charge in [0.2, 0.25) is 5.91 Å². The molecule has 1 heterocycles. The van der Waals surface area contributed by atoms with Gasteiger partial charge in [0.15, 0.2) is 5.13 Å². The predicted octanol–water partition coefficient (Wildman–Crippen LogP) is 4.35. The summed E-state index contributed by atoms with van der Waals surface area (Å²) in [5.41, 5.74) is 4.72. The van der Waals surface area contributed by atoms with Crippen LogP contribution in [-0.4, -0.2) is 16.0 Å². The summed E-state index contributed by atoms with van der Waals surface area (Å²) in [4.78, 5) is 16.4.